The van der Waals surface area contributed by atoms with Crippen LogP contribution in [0.2, 0.25) is 0 Å². The fraction of sp³-hybridized carbons (Fsp3) is 0.192. The molecule has 5 aromatic rings. The lowest BCUT2D eigenvalue weighted by Gasteiger charge is -2.13. The normalized spacial score (nSPS) is 12.5. The average Bonchev–Trinajstić information content (AvgIpc) is 3.49. The standard InChI is InChI=1S/C26H23N5O4/c1-29-23-22(24(32)30(2)26(29)33)31(14-18-8-5-7-17-6-3-4-9-19(17)18)25(28-23)27-13-16-10-11-20-21(12-16)35-15-34-20/h3-12H,13-15H2,1-2H3,(H,27,28). The first-order valence-electron chi connectivity index (χ1n) is 11.3. The third-order valence-electron chi connectivity index (χ3n) is 6.44. The van der Waals surface area contributed by atoms with Crippen LogP contribution in [0.1, 0.15) is 11.1 Å². The summed E-state index contributed by atoms with van der Waals surface area (Å²) < 4.78 is 15.3. The van der Waals surface area contributed by atoms with Crippen molar-refractivity contribution in [3.05, 3.63) is 92.6 Å². The Balaban J connectivity index is 1.47. The van der Waals surface area contributed by atoms with Gasteiger partial charge in [-0.25, -0.2) is 4.79 Å². The van der Waals surface area contributed by atoms with E-state index in [1.807, 2.05) is 47.0 Å². The number of aryl methyl sites for hydroxylation is 1. The second kappa shape index (κ2) is 8.05. The largest absolute Gasteiger partial charge is 0.454 e. The highest BCUT2D eigenvalue weighted by molar-refractivity contribution is 5.86. The fourth-order valence-electron chi connectivity index (χ4n) is 4.57. The van der Waals surface area contributed by atoms with Gasteiger partial charge in [-0.05, 0) is 34.0 Å². The molecule has 3 heterocycles. The Kier molecular flexibility index (Phi) is 4.84. The van der Waals surface area contributed by atoms with Crippen molar-refractivity contribution in [2.75, 3.05) is 12.1 Å². The summed E-state index contributed by atoms with van der Waals surface area (Å²) >= 11 is 0. The fourth-order valence-corrected chi connectivity index (χ4v) is 4.57. The second-order valence-electron chi connectivity index (χ2n) is 8.58. The van der Waals surface area contributed by atoms with E-state index in [-0.39, 0.29) is 12.4 Å². The lowest BCUT2D eigenvalue weighted by molar-refractivity contribution is 0.174. The molecule has 0 saturated carbocycles. The topological polar surface area (TPSA) is 92.3 Å². The van der Waals surface area contributed by atoms with Crippen LogP contribution in [-0.2, 0) is 27.2 Å². The maximum Gasteiger partial charge on any atom is 0.332 e. The minimum atomic E-state index is -0.417. The summed E-state index contributed by atoms with van der Waals surface area (Å²) in [7, 11) is 3.11. The Morgan fingerprint density at radius 2 is 1.74 bits per heavy atom. The molecule has 0 aliphatic carbocycles. The van der Waals surface area contributed by atoms with Crippen molar-refractivity contribution in [1.29, 1.82) is 0 Å². The third-order valence-corrected chi connectivity index (χ3v) is 6.44. The predicted octanol–water partition coefficient (Wildman–Crippen LogP) is 2.98. The van der Waals surface area contributed by atoms with E-state index in [9.17, 15) is 9.59 Å². The maximum atomic E-state index is 13.2. The maximum absolute atomic E-state index is 13.2. The van der Waals surface area contributed by atoms with Crippen molar-refractivity contribution >= 4 is 27.9 Å². The van der Waals surface area contributed by atoms with Gasteiger partial charge in [0.25, 0.3) is 5.56 Å². The minimum Gasteiger partial charge on any atom is -0.454 e. The highest BCUT2D eigenvalue weighted by Gasteiger charge is 2.20. The number of aromatic nitrogens is 4. The van der Waals surface area contributed by atoms with Crippen molar-refractivity contribution in [3.8, 4) is 11.5 Å². The van der Waals surface area contributed by atoms with Crippen LogP contribution in [0.4, 0.5) is 5.95 Å². The number of anilines is 1. The molecule has 9 heteroatoms. The molecule has 1 aliphatic rings. The zero-order chi connectivity index (χ0) is 24.1. The predicted molar refractivity (Wildman–Crippen MR) is 133 cm³/mol. The number of benzene rings is 3. The first-order valence-corrected chi connectivity index (χ1v) is 11.3. The number of hydrogen-bond donors (Lipinski definition) is 1. The van der Waals surface area contributed by atoms with E-state index >= 15 is 0 Å². The first-order chi connectivity index (χ1) is 17.0. The zero-order valence-corrected chi connectivity index (χ0v) is 19.3. The summed E-state index contributed by atoms with van der Waals surface area (Å²) in [6.45, 7) is 1.07. The molecule has 0 atom stereocenters. The molecule has 0 radical (unpaired) electrons. The monoisotopic (exact) mass is 469 g/mol. The van der Waals surface area contributed by atoms with Crippen LogP contribution >= 0.6 is 0 Å². The second-order valence-corrected chi connectivity index (χ2v) is 8.58. The number of imidazole rings is 1. The van der Waals surface area contributed by atoms with Crippen LogP contribution in [0.15, 0.2) is 70.3 Å². The van der Waals surface area contributed by atoms with E-state index < -0.39 is 5.69 Å². The zero-order valence-electron chi connectivity index (χ0n) is 19.3. The molecule has 0 amide bonds. The van der Waals surface area contributed by atoms with Crippen molar-refractivity contribution in [2.45, 2.75) is 13.1 Å². The molecule has 0 unspecified atom stereocenters. The van der Waals surface area contributed by atoms with E-state index in [0.717, 1.165) is 32.2 Å². The number of fused-ring (bicyclic) bond motifs is 3. The molecule has 35 heavy (non-hydrogen) atoms. The minimum absolute atomic E-state index is 0.213. The molecule has 2 aromatic heterocycles. The molecule has 0 bridgehead atoms. The van der Waals surface area contributed by atoms with Crippen LogP contribution in [-0.4, -0.2) is 25.5 Å². The summed E-state index contributed by atoms with van der Waals surface area (Å²) in [4.78, 5) is 30.5. The molecular formula is C26H23N5O4. The van der Waals surface area contributed by atoms with Gasteiger partial charge in [0.2, 0.25) is 12.7 Å². The van der Waals surface area contributed by atoms with Crippen LogP contribution in [0, 0.1) is 0 Å². The molecule has 0 fully saturated rings. The van der Waals surface area contributed by atoms with Gasteiger partial charge in [0, 0.05) is 20.6 Å². The van der Waals surface area contributed by atoms with Gasteiger partial charge < -0.3 is 14.8 Å². The Bertz CT molecular complexity index is 1730. The van der Waals surface area contributed by atoms with Gasteiger partial charge in [0.05, 0.1) is 6.54 Å². The number of hydrogen-bond acceptors (Lipinski definition) is 6. The molecular weight excluding hydrogens is 446 g/mol. The molecule has 1 N–H and O–H groups in total. The van der Waals surface area contributed by atoms with Crippen molar-refractivity contribution in [3.63, 3.8) is 0 Å². The van der Waals surface area contributed by atoms with Crippen LogP contribution in [0.3, 0.4) is 0 Å². The van der Waals surface area contributed by atoms with Crippen molar-refractivity contribution in [2.24, 2.45) is 14.1 Å². The van der Waals surface area contributed by atoms with E-state index in [1.165, 1.54) is 11.6 Å². The molecule has 9 nitrogen and oxygen atoms in total. The lowest BCUT2D eigenvalue weighted by atomic mass is 10.0. The number of rotatable bonds is 5. The summed E-state index contributed by atoms with van der Waals surface area (Å²) in [6.07, 6.45) is 0. The van der Waals surface area contributed by atoms with Gasteiger partial charge in [-0.1, -0.05) is 48.5 Å². The van der Waals surface area contributed by atoms with Gasteiger partial charge >= 0.3 is 5.69 Å². The Morgan fingerprint density at radius 1 is 0.943 bits per heavy atom. The highest BCUT2D eigenvalue weighted by atomic mass is 16.7. The van der Waals surface area contributed by atoms with E-state index in [1.54, 1.807) is 7.05 Å². The quantitative estimate of drug-likeness (QED) is 0.426. The van der Waals surface area contributed by atoms with E-state index in [4.69, 9.17) is 9.47 Å². The summed E-state index contributed by atoms with van der Waals surface area (Å²) in [6, 6.07) is 20.0. The summed E-state index contributed by atoms with van der Waals surface area (Å²) in [5, 5.41) is 5.58. The SMILES string of the molecule is Cn1c(=O)c2c(nc(NCc3ccc4c(c3)OCO4)n2Cc2cccc3ccccc23)n(C)c1=O. The molecule has 1 aliphatic heterocycles. The van der Waals surface area contributed by atoms with Gasteiger partial charge in [0.15, 0.2) is 22.7 Å². The Labute approximate surface area is 199 Å². The highest BCUT2D eigenvalue weighted by Crippen LogP contribution is 2.32. The van der Waals surface area contributed by atoms with E-state index in [0.29, 0.717) is 36.0 Å². The average molecular weight is 470 g/mol. The molecule has 3 aromatic carbocycles. The van der Waals surface area contributed by atoms with Crippen LogP contribution in [0.25, 0.3) is 21.9 Å². The molecule has 6 rings (SSSR count). The molecule has 0 saturated heterocycles. The third kappa shape index (κ3) is 3.43. The van der Waals surface area contributed by atoms with Crippen LogP contribution in [0.5, 0.6) is 11.5 Å². The Morgan fingerprint density at radius 3 is 2.63 bits per heavy atom. The summed E-state index contributed by atoms with van der Waals surface area (Å²) in [5.74, 6) is 1.92. The van der Waals surface area contributed by atoms with Crippen LogP contribution < -0.4 is 26.0 Å². The lowest BCUT2D eigenvalue weighted by Crippen LogP contribution is -2.37. The van der Waals surface area contributed by atoms with Crippen molar-refractivity contribution < 1.29 is 9.47 Å². The smallest absolute Gasteiger partial charge is 0.332 e. The number of nitrogens with zero attached hydrogens (tertiary/aromatic N) is 4. The Hall–Kier alpha value is -4.53. The molecule has 176 valence electrons. The van der Waals surface area contributed by atoms with Gasteiger partial charge in [0.1, 0.15) is 0 Å². The van der Waals surface area contributed by atoms with Gasteiger partial charge in [-0.2, -0.15) is 4.98 Å². The van der Waals surface area contributed by atoms with Crippen molar-refractivity contribution in [1.82, 2.24) is 18.7 Å². The van der Waals surface area contributed by atoms with Gasteiger partial charge in [-0.15, -0.1) is 0 Å². The van der Waals surface area contributed by atoms with Gasteiger partial charge in [-0.3, -0.25) is 18.5 Å². The van der Waals surface area contributed by atoms with E-state index in [2.05, 4.69) is 28.5 Å². The molecule has 0 spiro atoms. The number of ether oxygens (including phenoxy) is 2. The first kappa shape index (κ1) is 21.0. The summed E-state index contributed by atoms with van der Waals surface area (Å²) in [5.41, 5.74) is 1.93. The number of nitrogens with one attached hydrogen (secondary N) is 1.